The Morgan fingerprint density at radius 1 is 1.00 bits per heavy atom. The van der Waals surface area contributed by atoms with E-state index in [0.717, 1.165) is 95.4 Å². The summed E-state index contributed by atoms with van der Waals surface area (Å²) in [7, 11) is 1.74. The molecule has 10 heterocycles. The van der Waals surface area contributed by atoms with Crippen molar-refractivity contribution in [3.8, 4) is 22.5 Å². The van der Waals surface area contributed by atoms with E-state index in [9.17, 15) is 9.59 Å². The van der Waals surface area contributed by atoms with E-state index in [-0.39, 0.29) is 60.9 Å². The Morgan fingerprint density at radius 2 is 1.79 bits per heavy atom. The lowest BCUT2D eigenvalue weighted by Gasteiger charge is -2.53. The van der Waals surface area contributed by atoms with Crippen LogP contribution in [-0.2, 0) is 55.8 Å². The van der Waals surface area contributed by atoms with Gasteiger partial charge >= 0.3 is 5.97 Å². The van der Waals surface area contributed by atoms with E-state index >= 15 is 4.79 Å². The zero-order valence-electron chi connectivity index (χ0n) is 45.7. The number of carbonyl (C=O) groups is 3. The molecule has 6 saturated heterocycles. The molecule has 6 atom stereocenters. The number of methoxy groups -OCH3 is 1. The van der Waals surface area contributed by atoms with Gasteiger partial charge in [-0.15, -0.1) is 11.3 Å². The summed E-state index contributed by atoms with van der Waals surface area (Å²) in [5.41, 5.74) is 9.25. The van der Waals surface area contributed by atoms with Crippen LogP contribution >= 0.6 is 11.3 Å². The number of cyclic esters (lactones) is 1. The Kier molecular flexibility index (Phi) is 13.9. The molecule has 3 aliphatic carbocycles. The summed E-state index contributed by atoms with van der Waals surface area (Å²) >= 11 is 1.41. The van der Waals surface area contributed by atoms with Crippen LogP contribution in [0.1, 0.15) is 128 Å². The first kappa shape index (κ1) is 52.2. The number of piperazine rings is 1. The number of anilines is 1. The quantitative estimate of drug-likeness (QED) is 0.126. The predicted octanol–water partition coefficient (Wildman–Crippen LogP) is 7.54. The second kappa shape index (κ2) is 20.3. The zero-order chi connectivity index (χ0) is 52.8. The molecule has 2 N–H and O–H groups in total. The highest BCUT2D eigenvalue weighted by molar-refractivity contribution is 7.10. The molecule has 410 valence electrons. The third-order valence-electron chi connectivity index (χ3n) is 18.1. The van der Waals surface area contributed by atoms with Crippen molar-refractivity contribution in [2.45, 2.75) is 173 Å². The third kappa shape index (κ3) is 9.78. The molecule has 18 heteroatoms. The minimum Gasteiger partial charge on any atom is -0.464 e. The fraction of sp³-hybridized carbons (Fsp3) is 0.672. The lowest BCUT2D eigenvalue weighted by Crippen LogP contribution is -2.72. The van der Waals surface area contributed by atoms with Gasteiger partial charge in [0.15, 0.2) is 0 Å². The van der Waals surface area contributed by atoms with Gasteiger partial charge in [-0.1, -0.05) is 19.9 Å². The van der Waals surface area contributed by atoms with Crippen LogP contribution in [-0.4, -0.2) is 150 Å². The van der Waals surface area contributed by atoms with Crippen molar-refractivity contribution in [1.29, 1.82) is 0 Å². The number of fused-ring (bicyclic) bond motifs is 5. The van der Waals surface area contributed by atoms with Crippen molar-refractivity contribution in [3.05, 3.63) is 52.1 Å². The Morgan fingerprint density at radius 3 is 2.50 bits per heavy atom. The molecule has 9 fully saturated rings. The first-order valence-corrected chi connectivity index (χ1v) is 29.1. The number of rotatable bonds is 13. The number of hydrazine groups is 1. The van der Waals surface area contributed by atoms with Gasteiger partial charge in [0.25, 0.3) is 11.8 Å². The van der Waals surface area contributed by atoms with Gasteiger partial charge in [-0.2, -0.15) is 0 Å². The van der Waals surface area contributed by atoms with E-state index < -0.39 is 35.2 Å². The number of nitrogens with one attached hydrogen (secondary N) is 2. The summed E-state index contributed by atoms with van der Waals surface area (Å²) in [5.74, 6) is -0.792. The van der Waals surface area contributed by atoms with Crippen LogP contribution in [0.3, 0.4) is 0 Å². The number of amides is 2. The van der Waals surface area contributed by atoms with E-state index in [1.54, 1.807) is 12.1 Å². The summed E-state index contributed by atoms with van der Waals surface area (Å²) in [5, 5.41) is 8.36. The molecule has 1 aromatic carbocycles. The lowest BCUT2D eigenvalue weighted by molar-refractivity contribution is -0.173. The third-order valence-corrected chi connectivity index (χ3v) is 19.0. The number of nitrogens with zero attached hydrogens (tertiary/aromatic N) is 6. The van der Waals surface area contributed by atoms with Crippen molar-refractivity contribution in [2.75, 3.05) is 64.6 Å². The van der Waals surface area contributed by atoms with Crippen LogP contribution in [0.5, 0.6) is 0 Å². The number of ether oxygens (including phenoxy) is 6. The van der Waals surface area contributed by atoms with Crippen molar-refractivity contribution in [2.24, 2.45) is 17.3 Å². The molecule has 3 aromatic heterocycles. The first-order chi connectivity index (χ1) is 36.5. The maximum Gasteiger partial charge on any atom is 0.325 e. The highest BCUT2D eigenvalue weighted by atomic mass is 32.1. The van der Waals surface area contributed by atoms with Gasteiger partial charge in [0.2, 0.25) is 0 Å². The SMILES string of the molecule is CCO[C@@H]1c2nc(cs2)-c2ccc3c(c2)c(c(-c2cc(N4CCN(C5CC5)CC4)cnc2[C@H](C)OC)n3CCO[C@H]2CCOC(C)(C)C2)CC(C)(C)COC(=O)[C@H]2NN(C(=O)[C@H]1NC(=O)C13CC(C1)[C@H](C)O3)C1CC2C1. The monoisotopic (exact) mass is 1060 g/mol. The molecule has 10 aliphatic rings. The van der Waals surface area contributed by atoms with Crippen molar-refractivity contribution in [3.63, 3.8) is 0 Å². The Balaban J connectivity index is 0.991. The molecule has 10 bridgehead atoms. The van der Waals surface area contributed by atoms with Gasteiger partial charge in [0.1, 0.15) is 28.8 Å². The van der Waals surface area contributed by atoms with E-state index in [2.05, 4.69) is 84.0 Å². The zero-order valence-corrected chi connectivity index (χ0v) is 46.5. The van der Waals surface area contributed by atoms with Crippen LogP contribution < -0.4 is 15.6 Å². The summed E-state index contributed by atoms with van der Waals surface area (Å²) in [6.45, 7) is 20.6. The Bertz CT molecular complexity index is 2840. The van der Waals surface area contributed by atoms with Crippen LogP contribution in [0.15, 0.2) is 35.8 Å². The molecule has 0 radical (unpaired) electrons. The van der Waals surface area contributed by atoms with Crippen LogP contribution in [0, 0.1) is 17.3 Å². The summed E-state index contributed by atoms with van der Waals surface area (Å²) in [6.07, 6.45) is 8.10. The fourth-order valence-corrected chi connectivity index (χ4v) is 14.4. The summed E-state index contributed by atoms with van der Waals surface area (Å²) in [6, 6.07) is 7.55. The number of esters is 1. The number of carbonyl (C=O) groups excluding carboxylic acids is 3. The molecule has 17 nitrogen and oxygen atoms in total. The van der Waals surface area contributed by atoms with Gasteiger partial charge in [-0.05, 0) is 122 Å². The second-order valence-electron chi connectivity index (χ2n) is 24.6. The highest BCUT2D eigenvalue weighted by Crippen LogP contribution is 2.53. The molecule has 76 heavy (non-hydrogen) atoms. The van der Waals surface area contributed by atoms with E-state index in [1.165, 1.54) is 24.2 Å². The van der Waals surface area contributed by atoms with Gasteiger partial charge in [-0.25, -0.2) is 10.4 Å². The standard InChI is InChI=1S/C58H78N8O9S/c1-9-71-51-49(61-55(69)58-26-37(27-58)33(2)75-58)53(67)66-39-22-36(23-39)48(62-66)54(68)73-32-56(4,5)29-44-42-24-35(45-31-76-52(51)60-45)10-13-46(42)65(19-21-72-41-14-20-74-57(6,7)28-41)50(44)43-25-40(30-59-47(43)34(3)70-8)64-17-15-63(16-18-64)38-11-12-38/h10,13,24-25,30-31,33-34,36-39,41,48-49,51,62H,9,11-12,14-23,26-29,32H2,1-8H3,(H,61,69)/t33-,34-,36?,37?,39?,41-,48-,49-,51-,58?/m0/s1. The first-order valence-electron chi connectivity index (χ1n) is 28.3. The Hall–Kier alpha value is -4.53. The topological polar surface area (TPSA) is 171 Å². The smallest absolute Gasteiger partial charge is 0.325 e. The average Bonchev–Trinajstić information content (AvgIpc) is 3.78. The Labute approximate surface area is 451 Å². The van der Waals surface area contributed by atoms with Gasteiger partial charge in [0, 0.05) is 104 Å². The molecule has 7 aliphatic heterocycles. The number of benzene rings is 1. The number of hydrogen-bond acceptors (Lipinski definition) is 15. The molecule has 0 unspecified atom stereocenters. The predicted molar refractivity (Wildman–Crippen MR) is 289 cm³/mol. The normalized spacial score (nSPS) is 31.6. The number of thiazole rings is 1. The number of aromatic nitrogens is 3. The minimum atomic E-state index is -1.16. The van der Waals surface area contributed by atoms with Gasteiger partial charge < -0.3 is 43.2 Å². The number of pyridine rings is 1. The largest absolute Gasteiger partial charge is 0.464 e. The highest BCUT2D eigenvalue weighted by Gasteiger charge is 2.62. The van der Waals surface area contributed by atoms with Crippen molar-refractivity contribution >= 4 is 45.7 Å². The van der Waals surface area contributed by atoms with Gasteiger partial charge in [-0.3, -0.25) is 29.3 Å². The van der Waals surface area contributed by atoms with Gasteiger partial charge in [0.05, 0.1) is 66.1 Å². The maximum atomic E-state index is 15.2. The van der Waals surface area contributed by atoms with Crippen LogP contribution in [0.2, 0.25) is 0 Å². The van der Waals surface area contributed by atoms with E-state index in [4.69, 9.17) is 38.4 Å². The molecule has 2 amide bonds. The summed E-state index contributed by atoms with van der Waals surface area (Å²) in [4.78, 5) is 59.8. The number of hydrogen-bond donors (Lipinski definition) is 2. The molecular formula is C58H78N8O9S. The van der Waals surface area contributed by atoms with Crippen molar-refractivity contribution in [1.82, 2.24) is 35.2 Å². The lowest BCUT2D eigenvalue weighted by atomic mass is 9.72. The van der Waals surface area contributed by atoms with E-state index in [1.807, 2.05) is 25.4 Å². The molecule has 14 rings (SSSR count). The molecule has 4 aromatic rings. The second-order valence-corrected chi connectivity index (χ2v) is 25.5. The van der Waals surface area contributed by atoms with Crippen molar-refractivity contribution < 1.29 is 42.8 Å². The van der Waals surface area contributed by atoms with E-state index in [0.29, 0.717) is 62.8 Å². The molecule has 0 spiro atoms. The van der Waals surface area contributed by atoms with Crippen LogP contribution in [0.4, 0.5) is 5.69 Å². The molecular weight excluding hydrogens is 985 g/mol. The minimum absolute atomic E-state index is 0.00163. The van der Waals surface area contributed by atoms with Crippen LogP contribution in [0.25, 0.3) is 33.4 Å². The maximum absolute atomic E-state index is 15.2. The average molecular weight is 1060 g/mol. The molecule has 3 saturated carbocycles. The fourth-order valence-electron chi connectivity index (χ4n) is 13.5. The summed E-state index contributed by atoms with van der Waals surface area (Å²) < 4.78 is 40.6.